The number of nitrogens with two attached hydrogens (primary N) is 2. The summed E-state index contributed by atoms with van der Waals surface area (Å²) in [5.74, 6) is 0.247. The van der Waals surface area contributed by atoms with Gasteiger partial charge in [-0.3, -0.25) is 4.79 Å². The number of benzene rings is 1. The molecule has 1 aromatic carbocycles. The van der Waals surface area contributed by atoms with E-state index >= 15 is 0 Å². The van der Waals surface area contributed by atoms with Crippen LogP contribution in [0.25, 0.3) is 0 Å². The Balaban J connectivity index is 2.20. The fourth-order valence-electron chi connectivity index (χ4n) is 2.39. The molecule has 0 heterocycles. The van der Waals surface area contributed by atoms with Crippen LogP contribution in [-0.4, -0.2) is 12.0 Å². The topological polar surface area (TPSA) is 78.3 Å². The van der Waals surface area contributed by atoms with Crippen molar-refractivity contribution in [3.8, 4) is 5.75 Å². The summed E-state index contributed by atoms with van der Waals surface area (Å²) in [5, 5.41) is 0. The van der Waals surface area contributed by atoms with Gasteiger partial charge in [-0.2, -0.15) is 0 Å². The first-order chi connectivity index (χ1) is 8.61. The van der Waals surface area contributed by atoms with Crippen molar-refractivity contribution in [2.75, 3.05) is 0 Å². The van der Waals surface area contributed by atoms with Gasteiger partial charge >= 0.3 is 0 Å². The number of rotatable bonds is 4. The number of hydrogen-bond donors (Lipinski definition) is 2. The van der Waals surface area contributed by atoms with E-state index in [-0.39, 0.29) is 6.04 Å². The van der Waals surface area contributed by atoms with E-state index in [1.54, 1.807) is 0 Å². The maximum absolute atomic E-state index is 11.2. The first-order valence-corrected chi connectivity index (χ1v) is 6.46. The molecule has 2 rings (SSSR count). The Morgan fingerprint density at radius 2 is 2.33 bits per heavy atom. The highest BCUT2D eigenvalue weighted by atomic mass is 16.5. The Bertz CT molecular complexity index is 445. The van der Waals surface area contributed by atoms with Gasteiger partial charge < -0.3 is 16.2 Å². The summed E-state index contributed by atoms with van der Waals surface area (Å²) in [4.78, 5) is 11.2. The maximum atomic E-state index is 11.2. The number of hydrogen-bond acceptors (Lipinski definition) is 3. The molecule has 0 spiro atoms. The third kappa shape index (κ3) is 2.64. The first kappa shape index (κ1) is 12.9. The van der Waals surface area contributed by atoms with Gasteiger partial charge in [-0.05, 0) is 48.9 Å². The minimum absolute atomic E-state index is 0.0750. The standard InChI is InChI=1S/C14H20N2O2/c1-2-13(14(16)17)18-10-7-6-9-4-3-5-12(15)11(9)8-10/h6-8,12-13H,2-5,15H2,1H3,(H2,16,17)/t12-,13?/m0/s1. The normalized spacial score (nSPS) is 20.0. The first-order valence-electron chi connectivity index (χ1n) is 6.46. The van der Waals surface area contributed by atoms with Crippen LogP contribution in [0.2, 0.25) is 0 Å². The lowest BCUT2D eigenvalue weighted by molar-refractivity contribution is -0.124. The van der Waals surface area contributed by atoms with Crippen molar-refractivity contribution in [2.24, 2.45) is 11.5 Å². The Morgan fingerprint density at radius 1 is 1.56 bits per heavy atom. The van der Waals surface area contributed by atoms with Gasteiger partial charge in [-0.25, -0.2) is 0 Å². The van der Waals surface area contributed by atoms with E-state index in [1.807, 2.05) is 25.1 Å². The van der Waals surface area contributed by atoms with E-state index in [1.165, 1.54) is 5.56 Å². The van der Waals surface area contributed by atoms with Crippen LogP contribution in [0.4, 0.5) is 0 Å². The van der Waals surface area contributed by atoms with Gasteiger partial charge in [0.25, 0.3) is 5.91 Å². The second-order valence-corrected chi connectivity index (χ2v) is 4.78. The molecule has 4 nitrogen and oxygen atoms in total. The molecule has 2 atom stereocenters. The van der Waals surface area contributed by atoms with Crippen molar-refractivity contribution in [2.45, 2.75) is 44.8 Å². The number of carbonyl (C=O) groups is 1. The minimum atomic E-state index is -0.567. The molecule has 1 amide bonds. The summed E-state index contributed by atoms with van der Waals surface area (Å²) in [7, 11) is 0. The van der Waals surface area contributed by atoms with Crippen LogP contribution >= 0.6 is 0 Å². The van der Waals surface area contributed by atoms with E-state index in [4.69, 9.17) is 16.2 Å². The molecule has 1 unspecified atom stereocenters. The number of fused-ring (bicyclic) bond motifs is 1. The van der Waals surface area contributed by atoms with Crippen molar-refractivity contribution in [3.05, 3.63) is 29.3 Å². The molecule has 0 saturated heterocycles. The van der Waals surface area contributed by atoms with Crippen LogP contribution in [0.15, 0.2) is 18.2 Å². The average Bonchev–Trinajstić information content (AvgIpc) is 2.36. The molecule has 0 bridgehead atoms. The Labute approximate surface area is 107 Å². The van der Waals surface area contributed by atoms with Crippen molar-refractivity contribution in [1.82, 2.24) is 0 Å². The third-order valence-electron chi connectivity index (χ3n) is 3.44. The summed E-state index contributed by atoms with van der Waals surface area (Å²) >= 11 is 0. The van der Waals surface area contributed by atoms with E-state index in [9.17, 15) is 4.79 Å². The SMILES string of the molecule is CCC(Oc1ccc2c(c1)[C@@H](N)CCC2)C(N)=O. The van der Waals surface area contributed by atoms with Gasteiger partial charge in [0.05, 0.1) is 0 Å². The smallest absolute Gasteiger partial charge is 0.258 e. The van der Waals surface area contributed by atoms with Crippen molar-refractivity contribution >= 4 is 5.91 Å². The lowest BCUT2D eigenvalue weighted by atomic mass is 9.88. The molecule has 4 heteroatoms. The second-order valence-electron chi connectivity index (χ2n) is 4.78. The highest BCUT2D eigenvalue weighted by molar-refractivity contribution is 5.79. The Kier molecular flexibility index (Phi) is 3.87. The lowest BCUT2D eigenvalue weighted by Crippen LogP contribution is -2.33. The van der Waals surface area contributed by atoms with Gasteiger partial charge in [0.1, 0.15) is 5.75 Å². The van der Waals surface area contributed by atoms with E-state index < -0.39 is 12.0 Å². The van der Waals surface area contributed by atoms with Gasteiger partial charge in [-0.15, -0.1) is 0 Å². The quantitative estimate of drug-likeness (QED) is 0.850. The van der Waals surface area contributed by atoms with Crippen LogP contribution in [0, 0.1) is 0 Å². The zero-order chi connectivity index (χ0) is 13.1. The van der Waals surface area contributed by atoms with Crippen molar-refractivity contribution in [1.29, 1.82) is 0 Å². The molecule has 98 valence electrons. The molecular weight excluding hydrogens is 228 g/mol. The average molecular weight is 248 g/mol. The minimum Gasteiger partial charge on any atom is -0.481 e. The molecule has 0 aliphatic heterocycles. The monoisotopic (exact) mass is 248 g/mol. The zero-order valence-electron chi connectivity index (χ0n) is 10.7. The summed E-state index contributed by atoms with van der Waals surface area (Å²) < 4.78 is 5.61. The van der Waals surface area contributed by atoms with Crippen molar-refractivity contribution in [3.63, 3.8) is 0 Å². The predicted molar refractivity (Wildman–Crippen MR) is 70.2 cm³/mol. The van der Waals surface area contributed by atoms with Crippen LogP contribution in [0.3, 0.4) is 0 Å². The van der Waals surface area contributed by atoms with Crippen molar-refractivity contribution < 1.29 is 9.53 Å². The number of aryl methyl sites for hydroxylation is 1. The summed E-state index contributed by atoms with van der Waals surface area (Å²) in [6, 6.07) is 5.95. The molecule has 4 N–H and O–H groups in total. The summed E-state index contributed by atoms with van der Waals surface area (Å²) in [5.41, 5.74) is 13.8. The predicted octanol–water partition coefficient (Wildman–Crippen LogP) is 1.67. The van der Waals surface area contributed by atoms with Gasteiger partial charge in [0.15, 0.2) is 6.10 Å². The fraction of sp³-hybridized carbons (Fsp3) is 0.500. The second kappa shape index (κ2) is 5.40. The number of ether oxygens (including phenoxy) is 1. The van der Waals surface area contributed by atoms with Crippen LogP contribution in [0.5, 0.6) is 5.75 Å². The lowest BCUT2D eigenvalue weighted by Gasteiger charge is -2.23. The number of carbonyl (C=O) groups excluding carboxylic acids is 1. The highest BCUT2D eigenvalue weighted by Gasteiger charge is 2.19. The summed E-state index contributed by atoms with van der Waals surface area (Å²) in [6.07, 6.45) is 3.20. The highest BCUT2D eigenvalue weighted by Crippen LogP contribution is 2.31. The molecule has 0 radical (unpaired) electrons. The van der Waals surface area contributed by atoms with Crippen LogP contribution in [-0.2, 0) is 11.2 Å². The Hall–Kier alpha value is -1.55. The van der Waals surface area contributed by atoms with Gasteiger partial charge in [0.2, 0.25) is 0 Å². The zero-order valence-corrected chi connectivity index (χ0v) is 10.7. The molecule has 0 fully saturated rings. The molecule has 1 aromatic rings. The van der Waals surface area contributed by atoms with E-state index in [0.29, 0.717) is 12.2 Å². The third-order valence-corrected chi connectivity index (χ3v) is 3.44. The molecule has 1 aliphatic rings. The molecule has 0 aromatic heterocycles. The fourth-order valence-corrected chi connectivity index (χ4v) is 2.39. The Morgan fingerprint density at radius 3 is 3.00 bits per heavy atom. The number of amides is 1. The van der Waals surface area contributed by atoms with Crippen LogP contribution < -0.4 is 16.2 Å². The molecule has 0 saturated carbocycles. The van der Waals surface area contributed by atoms with Gasteiger partial charge in [-0.1, -0.05) is 13.0 Å². The summed E-state index contributed by atoms with van der Waals surface area (Å²) in [6.45, 7) is 1.87. The van der Waals surface area contributed by atoms with Crippen LogP contribution in [0.1, 0.15) is 43.4 Å². The largest absolute Gasteiger partial charge is 0.481 e. The maximum Gasteiger partial charge on any atom is 0.258 e. The van der Waals surface area contributed by atoms with E-state index in [0.717, 1.165) is 24.8 Å². The number of primary amides is 1. The van der Waals surface area contributed by atoms with E-state index in [2.05, 4.69) is 0 Å². The molecular formula is C14H20N2O2. The van der Waals surface area contributed by atoms with Gasteiger partial charge in [0, 0.05) is 6.04 Å². The molecule has 1 aliphatic carbocycles. The molecule has 18 heavy (non-hydrogen) atoms.